The molecule has 0 saturated heterocycles. The van der Waals surface area contributed by atoms with Gasteiger partial charge in [0.05, 0.1) is 12.0 Å². The lowest BCUT2D eigenvalue weighted by atomic mass is 9.92. The summed E-state index contributed by atoms with van der Waals surface area (Å²) in [4.78, 5) is 22.8. The van der Waals surface area contributed by atoms with E-state index in [0.717, 1.165) is 0 Å². The van der Waals surface area contributed by atoms with Crippen LogP contribution in [0.1, 0.15) is 27.2 Å². The Morgan fingerprint density at radius 1 is 1.13 bits per heavy atom. The van der Waals surface area contributed by atoms with Crippen LogP contribution < -0.4 is 10.0 Å². The number of ether oxygens (including phenoxy) is 1. The number of sulfonamides is 1. The Balaban J connectivity index is 2.72. The van der Waals surface area contributed by atoms with Crippen molar-refractivity contribution in [2.75, 3.05) is 19.0 Å². The molecule has 0 bridgehead atoms. The van der Waals surface area contributed by atoms with Crippen LogP contribution in [0.25, 0.3) is 0 Å². The minimum Gasteiger partial charge on any atom is -0.468 e. The third-order valence-corrected chi connectivity index (χ3v) is 4.19. The van der Waals surface area contributed by atoms with Crippen molar-refractivity contribution in [3.05, 3.63) is 24.3 Å². The van der Waals surface area contributed by atoms with Gasteiger partial charge in [0.2, 0.25) is 15.9 Å². The van der Waals surface area contributed by atoms with Crippen LogP contribution in [0.2, 0.25) is 0 Å². The van der Waals surface area contributed by atoms with Crippen molar-refractivity contribution in [1.82, 2.24) is 4.72 Å². The lowest BCUT2D eigenvalue weighted by Gasteiger charge is -2.17. The molecule has 0 aliphatic heterocycles. The maximum absolute atomic E-state index is 12.0. The molecule has 0 heterocycles. The van der Waals surface area contributed by atoms with Crippen molar-refractivity contribution >= 4 is 27.6 Å². The summed E-state index contributed by atoms with van der Waals surface area (Å²) in [5.74, 6) is -0.823. The van der Waals surface area contributed by atoms with Crippen LogP contribution in [-0.2, 0) is 24.3 Å². The first-order valence-corrected chi connectivity index (χ1v) is 8.48. The Morgan fingerprint density at radius 3 is 2.17 bits per heavy atom. The van der Waals surface area contributed by atoms with Crippen LogP contribution in [0.3, 0.4) is 0 Å². The van der Waals surface area contributed by atoms with Crippen LogP contribution in [-0.4, -0.2) is 33.9 Å². The largest absolute Gasteiger partial charge is 0.468 e. The van der Waals surface area contributed by atoms with Gasteiger partial charge in [0.25, 0.3) is 0 Å². The first-order chi connectivity index (χ1) is 10.5. The third kappa shape index (κ3) is 6.79. The fourth-order valence-corrected chi connectivity index (χ4v) is 2.68. The zero-order chi connectivity index (χ0) is 17.7. The molecule has 0 saturated carbocycles. The second-order valence-electron chi connectivity index (χ2n) is 6.21. The summed E-state index contributed by atoms with van der Waals surface area (Å²) in [5, 5.41) is 2.71. The van der Waals surface area contributed by atoms with E-state index < -0.39 is 22.5 Å². The SMILES string of the molecule is COC(=O)CNS(=O)(=O)c1ccc(NC(=O)CC(C)(C)C)cc1. The van der Waals surface area contributed by atoms with Gasteiger partial charge in [-0.25, -0.2) is 8.42 Å². The van der Waals surface area contributed by atoms with E-state index in [1.54, 1.807) is 0 Å². The highest BCUT2D eigenvalue weighted by atomic mass is 32.2. The van der Waals surface area contributed by atoms with Crippen LogP contribution in [0.4, 0.5) is 5.69 Å². The summed E-state index contributed by atoms with van der Waals surface area (Å²) >= 11 is 0. The molecule has 1 amide bonds. The highest BCUT2D eigenvalue weighted by Crippen LogP contribution is 2.20. The fraction of sp³-hybridized carbons (Fsp3) is 0.467. The van der Waals surface area contributed by atoms with Crippen molar-refractivity contribution in [1.29, 1.82) is 0 Å². The molecule has 0 radical (unpaired) electrons. The Kier molecular flexibility index (Phi) is 6.28. The molecule has 2 N–H and O–H groups in total. The number of hydrogen-bond donors (Lipinski definition) is 2. The molecular formula is C15H22N2O5S. The van der Waals surface area contributed by atoms with Gasteiger partial charge in [-0.2, -0.15) is 4.72 Å². The number of benzene rings is 1. The van der Waals surface area contributed by atoms with Crippen molar-refractivity contribution in [2.24, 2.45) is 5.41 Å². The lowest BCUT2D eigenvalue weighted by Crippen LogP contribution is -2.30. The van der Waals surface area contributed by atoms with Gasteiger partial charge in [-0.15, -0.1) is 0 Å². The Bertz CT molecular complexity index is 660. The monoisotopic (exact) mass is 342 g/mol. The predicted molar refractivity (Wildman–Crippen MR) is 86.3 cm³/mol. The number of carbonyl (C=O) groups is 2. The molecule has 0 aliphatic carbocycles. The maximum Gasteiger partial charge on any atom is 0.320 e. The summed E-state index contributed by atoms with van der Waals surface area (Å²) < 4.78 is 30.4. The third-order valence-electron chi connectivity index (χ3n) is 2.77. The minimum atomic E-state index is -3.80. The van der Waals surface area contributed by atoms with Gasteiger partial charge in [0.1, 0.15) is 6.54 Å². The molecule has 0 atom stereocenters. The summed E-state index contributed by atoms with van der Waals surface area (Å²) in [5.41, 5.74) is 0.372. The number of rotatable bonds is 6. The van der Waals surface area contributed by atoms with Crippen molar-refractivity contribution in [3.8, 4) is 0 Å². The van der Waals surface area contributed by atoms with E-state index in [2.05, 4.69) is 14.8 Å². The zero-order valence-electron chi connectivity index (χ0n) is 13.7. The molecule has 23 heavy (non-hydrogen) atoms. The van der Waals surface area contributed by atoms with Gasteiger partial charge in [-0.05, 0) is 29.7 Å². The van der Waals surface area contributed by atoms with E-state index in [-0.39, 0.29) is 16.2 Å². The number of anilines is 1. The first-order valence-electron chi connectivity index (χ1n) is 7.00. The number of carbonyl (C=O) groups excluding carboxylic acids is 2. The standard InChI is InChI=1S/C15H22N2O5S/c1-15(2,3)9-13(18)17-11-5-7-12(8-6-11)23(20,21)16-10-14(19)22-4/h5-8,16H,9-10H2,1-4H3,(H,17,18). The van der Waals surface area contributed by atoms with Gasteiger partial charge in [-0.3, -0.25) is 9.59 Å². The van der Waals surface area contributed by atoms with Gasteiger partial charge in [0, 0.05) is 12.1 Å². The number of hydrogen-bond acceptors (Lipinski definition) is 5. The van der Waals surface area contributed by atoms with E-state index in [0.29, 0.717) is 12.1 Å². The van der Waals surface area contributed by atoms with Gasteiger partial charge in [-0.1, -0.05) is 20.8 Å². The van der Waals surface area contributed by atoms with Crippen molar-refractivity contribution in [2.45, 2.75) is 32.1 Å². The Morgan fingerprint density at radius 2 is 1.70 bits per heavy atom. The summed E-state index contributed by atoms with van der Waals surface area (Å²) in [6, 6.07) is 5.69. The van der Waals surface area contributed by atoms with Gasteiger partial charge < -0.3 is 10.1 Å². The molecule has 0 spiro atoms. The first kappa shape index (κ1) is 19.1. The van der Waals surface area contributed by atoms with Crippen LogP contribution in [0.15, 0.2) is 29.2 Å². The van der Waals surface area contributed by atoms with Gasteiger partial charge >= 0.3 is 5.97 Å². The van der Waals surface area contributed by atoms with E-state index in [1.807, 2.05) is 20.8 Å². The molecule has 1 aromatic carbocycles. The summed E-state index contributed by atoms with van der Waals surface area (Å²) in [7, 11) is -2.63. The average molecular weight is 342 g/mol. The van der Waals surface area contributed by atoms with Crippen LogP contribution >= 0.6 is 0 Å². The lowest BCUT2D eigenvalue weighted by molar-refractivity contribution is -0.139. The Hall–Kier alpha value is -1.93. The van der Waals surface area contributed by atoms with Gasteiger partial charge in [0.15, 0.2) is 0 Å². The normalized spacial score (nSPS) is 11.8. The number of nitrogens with one attached hydrogen (secondary N) is 2. The van der Waals surface area contributed by atoms with E-state index in [9.17, 15) is 18.0 Å². The molecule has 8 heteroatoms. The highest BCUT2D eigenvalue weighted by Gasteiger charge is 2.17. The quantitative estimate of drug-likeness (QED) is 0.763. The molecule has 7 nitrogen and oxygen atoms in total. The molecule has 128 valence electrons. The second kappa shape index (κ2) is 7.56. The number of esters is 1. The molecule has 0 fully saturated rings. The zero-order valence-corrected chi connectivity index (χ0v) is 14.5. The number of methoxy groups -OCH3 is 1. The fourth-order valence-electron chi connectivity index (χ4n) is 1.71. The van der Waals surface area contributed by atoms with Crippen molar-refractivity contribution in [3.63, 3.8) is 0 Å². The van der Waals surface area contributed by atoms with E-state index >= 15 is 0 Å². The van der Waals surface area contributed by atoms with E-state index in [1.165, 1.54) is 31.4 Å². The maximum atomic E-state index is 12.0. The molecule has 1 aromatic rings. The molecular weight excluding hydrogens is 320 g/mol. The highest BCUT2D eigenvalue weighted by molar-refractivity contribution is 7.89. The second-order valence-corrected chi connectivity index (χ2v) is 7.98. The number of amides is 1. The summed E-state index contributed by atoms with van der Waals surface area (Å²) in [6.07, 6.45) is 0.355. The minimum absolute atomic E-state index is 0.00442. The Labute approximate surface area is 136 Å². The summed E-state index contributed by atoms with van der Waals surface area (Å²) in [6.45, 7) is 5.42. The smallest absolute Gasteiger partial charge is 0.320 e. The molecule has 1 rings (SSSR count). The molecule has 0 aromatic heterocycles. The van der Waals surface area contributed by atoms with E-state index in [4.69, 9.17) is 0 Å². The molecule has 0 unspecified atom stereocenters. The predicted octanol–water partition coefficient (Wildman–Crippen LogP) is 1.51. The molecule has 0 aliphatic rings. The van der Waals surface area contributed by atoms with Crippen molar-refractivity contribution < 1.29 is 22.7 Å². The van der Waals surface area contributed by atoms with Crippen LogP contribution in [0, 0.1) is 5.41 Å². The van der Waals surface area contributed by atoms with Crippen LogP contribution in [0.5, 0.6) is 0 Å². The topological polar surface area (TPSA) is 102 Å². The average Bonchev–Trinajstić information content (AvgIpc) is 2.43.